The molecule has 0 aliphatic rings. The highest BCUT2D eigenvalue weighted by Crippen LogP contribution is 2.41. The Morgan fingerprint density at radius 2 is 0.963 bits per heavy atom. The van der Waals surface area contributed by atoms with E-state index in [0.29, 0.717) is 5.56 Å². The van der Waals surface area contributed by atoms with Crippen LogP contribution in [0.3, 0.4) is 0 Å². The first-order valence-corrected chi connectivity index (χ1v) is 8.89. The summed E-state index contributed by atoms with van der Waals surface area (Å²) >= 11 is 0. The van der Waals surface area contributed by atoms with Gasteiger partial charge in [0, 0.05) is 11.1 Å². The van der Waals surface area contributed by atoms with Crippen LogP contribution in [0.4, 0.5) is 0 Å². The van der Waals surface area contributed by atoms with Gasteiger partial charge in [0.05, 0.1) is 0 Å². The van der Waals surface area contributed by atoms with Gasteiger partial charge in [-0.3, -0.25) is 4.79 Å². The molecule has 0 spiro atoms. The number of hydrogen-bond donors (Lipinski definition) is 1. The largest absolute Gasteiger partial charge is 0.366 e. The van der Waals surface area contributed by atoms with Crippen LogP contribution in [-0.4, -0.2) is 5.91 Å². The number of carbonyl (C=O) groups excluding carboxylic acids is 1. The molecule has 0 aliphatic carbocycles. The summed E-state index contributed by atoms with van der Waals surface area (Å²) in [5, 5.41) is 0. The van der Waals surface area contributed by atoms with Gasteiger partial charge in [-0.2, -0.15) is 0 Å². The van der Waals surface area contributed by atoms with E-state index in [4.69, 9.17) is 5.73 Å². The van der Waals surface area contributed by atoms with Crippen LogP contribution in [0.1, 0.15) is 10.4 Å². The van der Waals surface area contributed by atoms with E-state index in [9.17, 15) is 4.79 Å². The Hall–Kier alpha value is -3.65. The van der Waals surface area contributed by atoms with Crippen LogP contribution in [0.2, 0.25) is 0 Å². The van der Waals surface area contributed by atoms with Crippen molar-refractivity contribution in [3.8, 4) is 33.4 Å². The Morgan fingerprint density at radius 1 is 0.519 bits per heavy atom. The second-order valence-corrected chi connectivity index (χ2v) is 6.37. The molecule has 0 atom stereocenters. The predicted octanol–water partition coefficient (Wildman–Crippen LogP) is 5.79. The molecule has 1 amide bonds. The van der Waals surface area contributed by atoms with Gasteiger partial charge in [0.25, 0.3) is 0 Å². The lowest BCUT2D eigenvalue weighted by Crippen LogP contribution is -2.13. The Bertz CT molecular complexity index is 1070. The molecule has 0 aliphatic heterocycles. The first-order chi connectivity index (χ1) is 13.3. The molecular formula is C25H19NO. The van der Waals surface area contributed by atoms with Gasteiger partial charge in [-0.05, 0) is 33.9 Å². The molecule has 0 saturated heterocycles. The second kappa shape index (κ2) is 7.30. The lowest BCUT2D eigenvalue weighted by molar-refractivity contribution is 0.100. The Morgan fingerprint density at radius 3 is 1.44 bits per heavy atom. The fourth-order valence-corrected chi connectivity index (χ4v) is 3.48. The van der Waals surface area contributed by atoms with Crippen molar-refractivity contribution < 1.29 is 4.79 Å². The molecule has 0 radical (unpaired) electrons. The third kappa shape index (κ3) is 3.25. The SMILES string of the molecule is NC(=O)c1ccc(-c2ccccc2)c(-c2ccccc2)c1-c1ccccc1. The monoisotopic (exact) mass is 349 g/mol. The molecule has 0 bridgehead atoms. The normalized spacial score (nSPS) is 10.5. The fourth-order valence-electron chi connectivity index (χ4n) is 3.48. The first kappa shape index (κ1) is 16.8. The minimum absolute atomic E-state index is 0.425. The minimum Gasteiger partial charge on any atom is -0.366 e. The van der Waals surface area contributed by atoms with E-state index < -0.39 is 5.91 Å². The van der Waals surface area contributed by atoms with Crippen LogP contribution in [-0.2, 0) is 0 Å². The summed E-state index contributed by atoms with van der Waals surface area (Å²) < 4.78 is 0. The van der Waals surface area contributed by atoms with Crippen molar-refractivity contribution in [1.29, 1.82) is 0 Å². The van der Waals surface area contributed by atoms with Gasteiger partial charge in [-0.25, -0.2) is 0 Å². The number of hydrogen-bond acceptors (Lipinski definition) is 1. The highest BCUT2D eigenvalue weighted by atomic mass is 16.1. The summed E-state index contributed by atoms with van der Waals surface area (Å²) in [6.45, 7) is 0. The van der Waals surface area contributed by atoms with Crippen LogP contribution in [0.25, 0.3) is 33.4 Å². The molecule has 4 rings (SSSR count). The molecule has 2 heteroatoms. The smallest absolute Gasteiger partial charge is 0.249 e. The first-order valence-electron chi connectivity index (χ1n) is 8.89. The van der Waals surface area contributed by atoms with Gasteiger partial charge in [-0.15, -0.1) is 0 Å². The van der Waals surface area contributed by atoms with Crippen LogP contribution >= 0.6 is 0 Å². The van der Waals surface area contributed by atoms with Crippen molar-refractivity contribution in [3.05, 3.63) is 109 Å². The van der Waals surface area contributed by atoms with Crippen molar-refractivity contribution in [3.63, 3.8) is 0 Å². The fraction of sp³-hybridized carbons (Fsp3) is 0. The molecule has 2 N–H and O–H groups in total. The van der Waals surface area contributed by atoms with E-state index in [1.807, 2.05) is 78.9 Å². The predicted molar refractivity (Wildman–Crippen MR) is 111 cm³/mol. The molecule has 4 aromatic carbocycles. The second-order valence-electron chi connectivity index (χ2n) is 6.37. The van der Waals surface area contributed by atoms with E-state index in [1.54, 1.807) is 0 Å². The number of primary amides is 1. The van der Waals surface area contributed by atoms with Crippen LogP contribution in [0.5, 0.6) is 0 Å². The highest BCUT2D eigenvalue weighted by Gasteiger charge is 2.20. The summed E-state index contributed by atoms with van der Waals surface area (Å²) in [5.74, 6) is -0.425. The Balaban J connectivity index is 2.13. The number of carbonyl (C=O) groups is 1. The third-order valence-electron chi connectivity index (χ3n) is 4.68. The maximum atomic E-state index is 12.2. The maximum absolute atomic E-state index is 12.2. The molecule has 0 saturated carbocycles. The van der Waals surface area contributed by atoms with Crippen molar-refractivity contribution in [2.45, 2.75) is 0 Å². The van der Waals surface area contributed by atoms with Crippen molar-refractivity contribution in [1.82, 2.24) is 0 Å². The van der Waals surface area contributed by atoms with Crippen molar-refractivity contribution >= 4 is 5.91 Å². The van der Waals surface area contributed by atoms with Crippen LogP contribution in [0.15, 0.2) is 103 Å². The molecule has 0 fully saturated rings. The zero-order valence-electron chi connectivity index (χ0n) is 14.8. The average Bonchev–Trinajstić information content (AvgIpc) is 2.74. The van der Waals surface area contributed by atoms with Crippen LogP contribution < -0.4 is 5.73 Å². The topological polar surface area (TPSA) is 43.1 Å². The lowest BCUT2D eigenvalue weighted by atomic mass is 9.84. The summed E-state index contributed by atoms with van der Waals surface area (Å²) in [4.78, 5) is 12.2. The standard InChI is InChI=1S/C25H19NO/c26-25(27)22-17-16-21(18-10-4-1-5-11-18)23(19-12-6-2-7-13-19)24(22)20-14-8-3-9-15-20/h1-17H,(H2,26,27). The van der Waals surface area contributed by atoms with E-state index >= 15 is 0 Å². The molecule has 0 unspecified atom stereocenters. The summed E-state index contributed by atoms with van der Waals surface area (Å²) in [6, 6.07) is 34.1. The zero-order valence-corrected chi connectivity index (χ0v) is 14.8. The lowest BCUT2D eigenvalue weighted by Gasteiger charge is -2.19. The molecular weight excluding hydrogens is 330 g/mol. The molecule has 4 aromatic rings. The van der Waals surface area contributed by atoms with E-state index in [0.717, 1.165) is 33.4 Å². The third-order valence-corrected chi connectivity index (χ3v) is 4.68. The molecule has 2 nitrogen and oxygen atoms in total. The number of amides is 1. The van der Waals surface area contributed by atoms with E-state index in [2.05, 4.69) is 24.3 Å². The Labute approximate surface area is 158 Å². The summed E-state index contributed by atoms with van der Waals surface area (Å²) in [7, 11) is 0. The van der Waals surface area contributed by atoms with Gasteiger partial charge in [0.1, 0.15) is 0 Å². The quantitative estimate of drug-likeness (QED) is 0.498. The number of rotatable bonds is 4. The molecule has 27 heavy (non-hydrogen) atoms. The van der Waals surface area contributed by atoms with Gasteiger partial charge in [0.15, 0.2) is 0 Å². The average molecular weight is 349 g/mol. The minimum atomic E-state index is -0.425. The van der Waals surface area contributed by atoms with Gasteiger partial charge in [0.2, 0.25) is 5.91 Å². The van der Waals surface area contributed by atoms with Gasteiger partial charge in [-0.1, -0.05) is 97.1 Å². The number of benzene rings is 4. The van der Waals surface area contributed by atoms with Crippen molar-refractivity contribution in [2.24, 2.45) is 5.73 Å². The zero-order chi connectivity index (χ0) is 18.6. The Kier molecular flexibility index (Phi) is 4.54. The summed E-state index contributed by atoms with van der Waals surface area (Å²) in [5.41, 5.74) is 12.4. The van der Waals surface area contributed by atoms with Gasteiger partial charge >= 0.3 is 0 Å². The van der Waals surface area contributed by atoms with Crippen molar-refractivity contribution in [2.75, 3.05) is 0 Å². The van der Waals surface area contributed by atoms with E-state index in [1.165, 1.54) is 0 Å². The summed E-state index contributed by atoms with van der Waals surface area (Å²) in [6.07, 6.45) is 0. The molecule has 0 heterocycles. The molecule has 0 aromatic heterocycles. The number of nitrogens with two attached hydrogens (primary N) is 1. The maximum Gasteiger partial charge on any atom is 0.249 e. The molecule has 130 valence electrons. The van der Waals surface area contributed by atoms with Crippen LogP contribution in [0, 0.1) is 0 Å². The van der Waals surface area contributed by atoms with E-state index in [-0.39, 0.29) is 0 Å². The van der Waals surface area contributed by atoms with Gasteiger partial charge < -0.3 is 5.73 Å². The highest BCUT2D eigenvalue weighted by molar-refractivity contribution is 6.07.